The van der Waals surface area contributed by atoms with Crippen LogP contribution < -0.4 is 5.32 Å². The molecule has 1 aromatic rings. The zero-order valence-electron chi connectivity index (χ0n) is 16.3. The number of hydrogen-bond donors (Lipinski definition) is 1. The highest BCUT2D eigenvalue weighted by Crippen LogP contribution is 2.41. The van der Waals surface area contributed by atoms with Crippen LogP contribution in [0.25, 0.3) is 4.85 Å². The molecule has 0 radical (unpaired) electrons. The summed E-state index contributed by atoms with van der Waals surface area (Å²) < 4.78 is 63.9. The highest BCUT2D eigenvalue weighted by molar-refractivity contribution is 5.93. The van der Waals surface area contributed by atoms with Crippen molar-refractivity contribution in [2.75, 3.05) is 13.7 Å². The molecular formula is C20H20F4N2O3. The summed E-state index contributed by atoms with van der Waals surface area (Å²) in [6.07, 6.45) is -5.22. The Kier molecular flexibility index (Phi) is 6.69. The van der Waals surface area contributed by atoms with Crippen LogP contribution in [-0.4, -0.2) is 25.8 Å². The van der Waals surface area contributed by atoms with Crippen LogP contribution in [0.1, 0.15) is 37.8 Å². The Balaban J connectivity index is 2.71. The fourth-order valence-corrected chi connectivity index (χ4v) is 3.05. The molecule has 2 rings (SSSR count). The summed E-state index contributed by atoms with van der Waals surface area (Å²) in [5, 5.41) is 2.89. The van der Waals surface area contributed by atoms with E-state index in [1.54, 1.807) is 20.8 Å². The van der Waals surface area contributed by atoms with Gasteiger partial charge in [0.2, 0.25) is 0 Å². The molecule has 0 aromatic heterocycles. The van der Waals surface area contributed by atoms with E-state index in [0.29, 0.717) is 11.8 Å². The Labute approximate surface area is 165 Å². The van der Waals surface area contributed by atoms with Crippen molar-refractivity contribution in [3.05, 3.63) is 69.2 Å². The lowest BCUT2D eigenvalue weighted by atomic mass is 9.83. The lowest BCUT2D eigenvalue weighted by molar-refractivity contribution is -0.143. The minimum absolute atomic E-state index is 0.0146. The topological polar surface area (TPSA) is 51.9 Å². The molecule has 1 atom stereocenters. The molecule has 1 aromatic carbocycles. The van der Waals surface area contributed by atoms with Crippen LogP contribution in [-0.2, 0) is 20.4 Å². The average Bonchev–Trinajstić information content (AvgIpc) is 2.60. The number of benzene rings is 1. The van der Waals surface area contributed by atoms with Crippen LogP contribution in [0.3, 0.4) is 0 Å². The third-order valence-corrected chi connectivity index (χ3v) is 4.22. The molecule has 1 unspecified atom stereocenters. The summed E-state index contributed by atoms with van der Waals surface area (Å²) in [5.41, 5.74) is -0.876. The molecule has 0 amide bonds. The third kappa shape index (κ3) is 4.77. The first-order valence-corrected chi connectivity index (χ1v) is 8.66. The van der Waals surface area contributed by atoms with Crippen molar-refractivity contribution in [3.8, 4) is 0 Å². The van der Waals surface area contributed by atoms with Gasteiger partial charge in [-0.05, 0) is 38.5 Å². The minimum atomic E-state index is -4.72. The molecule has 0 saturated heterocycles. The standard InChI is InChI=1S/C20H20F4N2O3/c1-10(2)29-19(27)17-15(9-28-5)26-11(3)18(25-4)16(17)13-7-6-12(8-14(13)21)20(22,23)24/h6-8,10,16,26H,9H2,1-3,5H3. The van der Waals surface area contributed by atoms with Gasteiger partial charge in [0, 0.05) is 12.8 Å². The van der Waals surface area contributed by atoms with Crippen molar-refractivity contribution in [2.45, 2.75) is 39.0 Å². The number of carbonyl (C=O) groups excluding carboxylic acids is 1. The van der Waals surface area contributed by atoms with Crippen molar-refractivity contribution in [3.63, 3.8) is 0 Å². The second-order valence-electron chi connectivity index (χ2n) is 6.69. The van der Waals surface area contributed by atoms with Gasteiger partial charge in [0.25, 0.3) is 0 Å². The van der Waals surface area contributed by atoms with E-state index in [1.165, 1.54) is 7.11 Å². The SMILES string of the molecule is [C-]#[N+]C1=C(C)NC(COC)=C(C(=O)OC(C)C)C1c1ccc(C(F)(F)F)cc1F. The molecule has 9 heteroatoms. The number of methoxy groups -OCH3 is 1. The van der Waals surface area contributed by atoms with E-state index in [2.05, 4.69) is 10.2 Å². The number of hydrogen-bond acceptors (Lipinski definition) is 4. The van der Waals surface area contributed by atoms with E-state index in [0.717, 1.165) is 12.1 Å². The third-order valence-electron chi connectivity index (χ3n) is 4.22. The van der Waals surface area contributed by atoms with E-state index < -0.39 is 35.5 Å². The van der Waals surface area contributed by atoms with Crippen molar-refractivity contribution in [1.29, 1.82) is 0 Å². The van der Waals surface area contributed by atoms with Crippen molar-refractivity contribution in [2.24, 2.45) is 0 Å². The lowest BCUT2D eigenvalue weighted by Gasteiger charge is -2.30. The lowest BCUT2D eigenvalue weighted by Crippen LogP contribution is -2.32. The highest BCUT2D eigenvalue weighted by atomic mass is 19.4. The molecule has 0 aliphatic carbocycles. The predicted molar refractivity (Wildman–Crippen MR) is 96.7 cm³/mol. The first kappa shape index (κ1) is 22.4. The van der Waals surface area contributed by atoms with Gasteiger partial charge in [0.05, 0.1) is 42.0 Å². The van der Waals surface area contributed by atoms with Gasteiger partial charge in [-0.15, -0.1) is 0 Å². The Morgan fingerprint density at radius 3 is 2.48 bits per heavy atom. The summed E-state index contributed by atoms with van der Waals surface area (Å²) in [6.45, 7) is 12.2. The van der Waals surface area contributed by atoms with Gasteiger partial charge >= 0.3 is 12.1 Å². The quantitative estimate of drug-likeness (QED) is 0.439. The first-order valence-electron chi connectivity index (χ1n) is 8.66. The molecule has 0 bridgehead atoms. The number of nitrogens with one attached hydrogen (secondary N) is 1. The summed E-state index contributed by atoms with van der Waals surface area (Å²) in [4.78, 5) is 16.2. The molecule has 0 fully saturated rings. The molecule has 5 nitrogen and oxygen atoms in total. The Morgan fingerprint density at radius 1 is 1.34 bits per heavy atom. The van der Waals surface area contributed by atoms with Gasteiger partial charge in [0.1, 0.15) is 5.82 Å². The van der Waals surface area contributed by atoms with E-state index in [4.69, 9.17) is 16.0 Å². The zero-order chi connectivity index (χ0) is 21.9. The van der Waals surface area contributed by atoms with Crippen molar-refractivity contribution >= 4 is 5.97 Å². The van der Waals surface area contributed by atoms with Crippen LogP contribution in [0.2, 0.25) is 0 Å². The molecule has 0 spiro atoms. The number of carbonyl (C=O) groups is 1. The van der Waals surface area contributed by atoms with Crippen LogP contribution in [0.5, 0.6) is 0 Å². The molecular weight excluding hydrogens is 392 g/mol. The van der Waals surface area contributed by atoms with Gasteiger partial charge in [-0.25, -0.2) is 14.0 Å². The predicted octanol–water partition coefficient (Wildman–Crippen LogP) is 4.53. The number of alkyl halides is 3. The maximum absolute atomic E-state index is 14.8. The number of nitrogens with zero attached hydrogens (tertiary/aromatic N) is 1. The van der Waals surface area contributed by atoms with Crippen molar-refractivity contribution in [1.82, 2.24) is 5.32 Å². The molecule has 1 aliphatic heterocycles. The molecule has 0 saturated carbocycles. The normalized spacial score (nSPS) is 17.3. The number of esters is 1. The fraction of sp³-hybridized carbons (Fsp3) is 0.400. The molecule has 1 heterocycles. The highest BCUT2D eigenvalue weighted by Gasteiger charge is 2.39. The summed E-state index contributed by atoms with van der Waals surface area (Å²) >= 11 is 0. The largest absolute Gasteiger partial charge is 0.460 e. The molecule has 1 N–H and O–H groups in total. The van der Waals surface area contributed by atoms with Crippen LogP contribution in [0.4, 0.5) is 17.6 Å². The van der Waals surface area contributed by atoms with Gasteiger partial charge in [-0.1, -0.05) is 6.07 Å². The smallest absolute Gasteiger partial charge is 0.416 e. The summed E-state index contributed by atoms with van der Waals surface area (Å²) in [6, 6.07) is 2.02. The van der Waals surface area contributed by atoms with Crippen LogP contribution >= 0.6 is 0 Å². The van der Waals surface area contributed by atoms with Gasteiger partial charge < -0.3 is 14.8 Å². The van der Waals surface area contributed by atoms with E-state index in [-0.39, 0.29) is 29.1 Å². The summed E-state index contributed by atoms with van der Waals surface area (Å²) in [5.74, 6) is -3.21. The molecule has 156 valence electrons. The number of halogens is 4. The first-order chi connectivity index (χ1) is 13.5. The number of allylic oxidation sites excluding steroid dienone is 2. The second kappa shape index (κ2) is 8.66. The number of rotatable bonds is 5. The fourth-order valence-electron chi connectivity index (χ4n) is 3.05. The number of ether oxygens (including phenoxy) is 2. The molecule has 1 aliphatic rings. The summed E-state index contributed by atoms with van der Waals surface area (Å²) in [7, 11) is 1.39. The van der Waals surface area contributed by atoms with E-state index >= 15 is 0 Å². The van der Waals surface area contributed by atoms with Gasteiger partial charge in [0.15, 0.2) is 5.70 Å². The van der Waals surface area contributed by atoms with Crippen LogP contribution in [0, 0.1) is 12.4 Å². The average molecular weight is 412 g/mol. The maximum atomic E-state index is 14.8. The van der Waals surface area contributed by atoms with Gasteiger partial charge in [-0.2, -0.15) is 13.2 Å². The van der Waals surface area contributed by atoms with E-state index in [1.807, 2.05) is 0 Å². The van der Waals surface area contributed by atoms with Crippen LogP contribution in [0.15, 0.2) is 40.9 Å². The molecule has 29 heavy (non-hydrogen) atoms. The Bertz CT molecular complexity index is 911. The Hall–Kier alpha value is -2.86. The number of dihydropyridines is 1. The zero-order valence-corrected chi connectivity index (χ0v) is 16.3. The van der Waals surface area contributed by atoms with Crippen molar-refractivity contribution < 1.29 is 31.8 Å². The van der Waals surface area contributed by atoms with E-state index in [9.17, 15) is 22.4 Å². The Morgan fingerprint density at radius 2 is 2.00 bits per heavy atom. The monoisotopic (exact) mass is 412 g/mol. The maximum Gasteiger partial charge on any atom is 0.416 e. The minimum Gasteiger partial charge on any atom is -0.460 e. The van der Waals surface area contributed by atoms with Gasteiger partial charge in [-0.3, -0.25) is 0 Å². The second-order valence-corrected chi connectivity index (χ2v) is 6.69.